The van der Waals surface area contributed by atoms with E-state index in [1.165, 1.54) is 5.56 Å². The minimum Gasteiger partial charge on any atom is -0.467 e. The van der Waals surface area contributed by atoms with Crippen molar-refractivity contribution in [2.45, 2.75) is 31.3 Å². The third-order valence-electron chi connectivity index (χ3n) is 5.74. The number of hydrogen-bond acceptors (Lipinski definition) is 4. The van der Waals surface area contributed by atoms with Crippen LogP contribution in [0.25, 0.3) is 0 Å². The highest BCUT2D eigenvalue weighted by Crippen LogP contribution is 2.40. The van der Waals surface area contributed by atoms with E-state index in [0.717, 1.165) is 23.4 Å². The maximum atomic E-state index is 13.2. The zero-order chi connectivity index (χ0) is 20.7. The van der Waals surface area contributed by atoms with Crippen molar-refractivity contribution in [1.82, 2.24) is 4.90 Å². The predicted octanol–water partition coefficient (Wildman–Crippen LogP) is 4.65. The van der Waals surface area contributed by atoms with E-state index in [2.05, 4.69) is 13.0 Å². The highest BCUT2D eigenvalue weighted by molar-refractivity contribution is 8.00. The molecule has 0 unspecified atom stereocenters. The topological polar surface area (TPSA) is 53.8 Å². The summed E-state index contributed by atoms with van der Waals surface area (Å²) in [6.07, 6.45) is 2.50. The van der Waals surface area contributed by atoms with Crippen LogP contribution in [-0.2, 0) is 17.8 Å². The molecular formula is C24H22N2O3S. The fraction of sp³-hybridized carbons (Fsp3) is 0.250. The predicted molar refractivity (Wildman–Crippen MR) is 117 cm³/mol. The summed E-state index contributed by atoms with van der Waals surface area (Å²) in [6.45, 7) is 2.53. The molecule has 0 radical (unpaired) electrons. The number of carbonyl (C=O) groups excluding carboxylic acids is 2. The molecule has 3 aromatic rings. The van der Waals surface area contributed by atoms with E-state index < -0.39 is 0 Å². The summed E-state index contributed by atoms with van der Waals surface area (Å²) in [5.41, 5.74) is 3.89. The average Bonchev–Trinajstić information content (AvgIpc) is 3.47. The molecule has 2 atom stereocenters. The summed E-state index contributed by atoms with van der Waals surface area (Å²) in [6, 6.07) is 19.6. The van der Waals surface area contributed by atoms with Crippen LogP contribution in [-0.4, -0.2) is 28.5 Å². The first-order valence-corrected chi connectivity index (χ1v) is 11.1. The van der Waals surface area contributed by atoms with Gasteiger partial charge >= 0.3 is 0 Å². The van der Waals surface area contributed by atoms with Gasteiger partial charge in [-0.3, -0.25) is 9.59 Å². The summed E-state index contributed by atoms with van der Waals surface area (Å²) >= 11 is 1.60. The van der Waals surface area contributed by atoms with E-state index in [4.69, 9.17) is 4.42 Å². The highest BCUT2D eigenvalue weighted by Gasteiger charge is 2.34. The molecular weight excluding hydrogens is 396 g/mol. The van der Waals surface area contributed by atoms with Gasteiger partial charge < -0.3 is 14.2 Å². The maximum Gasteiger partial charge on any atom is 0.258 e. The third kappa shape index (κ3) is 3.31. The SMILES string of the molecule is C[C@H]1Cc2ccccc2N1C(=O)c1ccc([C@H]2SCC(=O)N2Cc2ccco2)cc1. The molecule has 6 heteroatoms. The second-order valence-corrected chi connectivity index (χ2v) is 8.81. The van der Waals surface area contributed by atoms with Crippen LogP contribution in [0.3, 0.4) is 0 Å². The molecule has 0 N–H and O–H groups in total. The van der Waals surface area contributed by atoms with Crippen molar-refractivity contribution in [2.75, 3.05) is 10.7 Å². The molecule has 0 bridgehead atoms. The molecule has 1 aromatic heterocycles. The van der Waals surface area contributed by atoms with E-state index >= 15 is 0 Å². The summed E-state index contributed by atoms with van der Waals surface area (Å²) in [5, 5.41) is -0.0711. The van der Waals surface area contributed by atoms with Gasteiger partial charge in [-0.05, 0) is 54.8 Å². The maximum absolute atomic E-state index is 13.2. The first-order chi connectivity index (χ1) is 14.6. The van der Waals surface area contributed by atoms with Crippen molar-refractivity contribution in [3.63, 3.8) is 0 Å². The molecule has 2 aliphatic rings. The molecule has 0 spiro atoms. The molecule has 3 heterocycles. The fourth-order valence-corrected chi connectivity index (χ4v) is 5.46. The minimum atomic E-state index is -0.0711. The molecule has 2 amide bonds. The van der Waals surface area contributed by atoms with Crippen LogP contribution < -0.4 is 4.90 Å². The molecule has 152 valence electrons. The lowest BCUT2D eigenvalue weighted by atomic mass is 10.1. The third-order valence-corrected chi connectivity index (χ3v) is 7.00. The highest BCUT2D eigenvalue weighted by atomic mass is 32.2. The Hall–Kier alpha value is -2.99. The molecule has 2 aromatic carbocycles. The van der Waals surface area contributed by atoms with Crippen LogP contribution in [0, 0.1) is 0 Å². The Morgan fingerprint density at radius 2 is 1.90 bits per heavy atom. The standard InChI is InChI=1S/C24H22N2O3S/c1-16-13-19-5-2-3-7-21(19)26(16)23(28)17-8-10-18(11-9-17)24-25(22(27)15-30-24)14-20-6-4-12-29-20/h2-12,16,24H,13-15H2,1H3/t16-,24+/m0/s1. The smallest absolute Gasteiger partial charge is 0.258 e. The van der Waals surface area contributed by atoms with Crippen molar-refractivity contribution < 1.29 is 14.0 Å². The zero-order valence-electron chi connectivity index (χ0n) is 16.7. The van der Waals surface area contributed by atoms with E-state index in [0.29, 0.717) is 17.9 Å². The number of hydrogen-bond donors (Lipinski definition) is 0. The van der Waals surface area contributed by atoms with Crippen molar-refractivity contribution in [3.05, 3.63) is 89.4 Å². The van der Waals surface area contributed by atoms with Crippen LogP contribution in [0.4, 0.5) is 5.69 Å². The van der Waals surface area contributed by atoms with E-state index in [1.54, 1.807) is 18.0 Å². The summed E-state index contributed by atoms with van der Waals surface area (Å²) < 4.78 is 5.42. The van der Waals surface area contributed by atoms with Gasteiger partial charge in [0.1, 0.15) is 11.1 Å². The Morgan fingerprint density at radius 3 is 2.67 bits per heavy atom. The van der Waals surface area contributed by atoms with Crippen LogP contribution in [0.15, 0.2) is 71.3 Å². The number of para-hydroxylation sites is 1. The van der Waals surface area contributed by atoms with Gasteiger partial charge in [-0.25, -0.2) is 0 Å². The molecule has 2 aliphatic heterocycles. The van der Waals surface area contributed by atoms with Gasteiger partial charge in [0.15, 0.2) is 0 Å². The van der Waals surface area contributed by atoms with Crippen LogP contribution in [0.2, 0.25) is 0 Å². The summed E-state index contributed by atoms with van der Waals surface area (Å²) in [5.74, 6) is 1.34. The number of thioether (sulfide) groups is 1. The van der Waals surface area contributed by atoms with E-state index in [9.17, 15) is 9.59 Å². The second kappa shape index (κ2) is 7.69. The minimum absolute atomic E-state index is 0.0154. The van der Waals surface area contributed by atoms with Crippen LogP contribution >= 0.6 is 11.8 Å². The normalized spacial score (nSPS) is 20.6. The largest absolute Gasteiger partial charge is 0.467 e. The number of rotatable bonds is 4. The van der Waals surface area contributed by atoms with Gasteiger partial charge in [0, 0.05) is 17.3 Å². The fourth-order valence-electron chi connectivity index (χ4n) is 4.28. The number of fused-ring (bicyclic) bond motifs is 1. The lowest BCUT2D eigenvalue weighted by Gasteiger charge is -2.25. The zero-order valence-corrected chi connectivity index (χ0v) is 17.5. The molecule has 1 saturated heterocycles. The van der Waals surface area contributed by atoms with Crippen molar-refractivity contribution in [3.8, 4) is 0 Å². The molecule has 1 fully saturated rings. The number of carbonyl (C=O) groups is 2. The first kappa shape index (κ1) is 19.0. The summed E-state index contributed by atoms with van der Waals surface area (Å²) in [4.78, 5) is 29.3. The van der Waals surface area contributed by atoms with E-state index in [-0.39, 0.29) is 23.2 Å². The lowest BCUT2D eigenvalue weighted by molar-refractivity contribution is -0.128. The molecule has 0 saturated carbocycles. The Morgan fingerprint density at radius 1 is 1.10 bits per heavy atom. The number of nitrogens with zero attached hydrogens (tertiary/aromatic N) is 2. The Labute approximate surface area is 179 Å². The lowest BCUT2D eigenvalue weighted by Crippen LogP contribution is -2.35. The number of anilines is 1. The average molecular weight is 419 g/mol. The van der Waals surface area contributed by atoms with Gasteiger partial charge in [-0.15, -0.1) is 11.8 Å². The van der Waals surface area contributed by atoms with Crippen LogP contribution in [0.5, 0.6) is 0 Å². The molecule has 5 rings (SSSR count). The Kier molecular flexibility index (Phi) is 4.87. The molecule has 30 heavy (non-hydrogen) atoms. The summed E-state index contributed by atoms with van der Waals surface area (Å²) in [7, 11) is 0. The van der Waals surface area contributed by atoms with Gasteiger partial charge in [0.05, 0.1) is 18.6 Å². The van der Waals surface area contributed by atoms with Crippen LogP contribution in [0.1, 0.15) is 39.5 Å². The van der Waals surface area contributed by atoms with Gasteiger partial charge in [-0.1, -0.05) is 30.3 Å². The quantitative estimate of drug-likeness (QED) is 0.619. The monoisotopic (exact) mass is 418 g/mol. The number of benzene rings is 2. The Bertz CT molecular complexity index is 1080. The van der Waals surface area contributed by atoms with Crippen molar-refractivity contribution >= 4 is 29.3 Å². The van der Waals surface area contributed by atoms with Crippen molar-refractivity contribution in [1.29, 1.82) is 0 Å². The van der Waals surface area contributed by atoms with Crippen molar-refractivity contribution in [2.24, 2.45) is 0 Å². The molecule has 5 nitrogen and oxygen atoms in total. The number of amides is 2. The van der Waals surface area contributed by atoms with Gasteiger partial charge in [0.25, 0.3) is 5.91 Å². The van der Waals surface area contributed by atoms with Gasteiger partial charge in [-0.2, -0.15) is 0 Å². The van der Waals surface area contributed by atoms with Gasteiger partial charge in [0.2, 0.25) is 5.91 Å². The van der Waals surface area contributed by atoms with E-state index in [1.807, 2.05) is 64.4 Å². The number of furan rings is 1. The first-order valence-electron chi connectivity index (χ1n) is 10.1. The Balaban J connectivity index is 1.37. The second-order valence-electron chi connectivity index (χ2n) is 7.74. The molecule has 0 aliphatic carbocycles.